The van der Waals surface area contributed by atoms with Crippen molar-refractivity contribution in [2.75, 3.05) is 5.32 Å². The Balaban J connectivity index is 1.48. The molecular formula is C24H20N6O. The van der Waals surface area contributed by atoms with E-state index in [1.165, 1.54) is 0 Å². The van der Waals surface area contributed by atoms with Crippen molar-refractivity contribution in [3.63, 3.8) is 0 Å². The number of carbonyl (C=O) groups is 1. The molecule has 152 valence electrons. The lowest BCUT2D eigenvalue weighted by atomic mass is 10.0. The summed E-state index contributed by atoms with van der Waals surface area (Å²) in [5.74, 6) is -0.181. The lowest BCUT2D eigenvalue weighted by Gasteiger charge is -2.11. The minimum atomic E-state index is -0.181. The van der Waals surface area contributed by atoms with Crippen LogP contribution in [0.15, 0.2) is 85.5 Å². The van der Waals surface area contributed by atoms with Gasteiger partial charge in [-0.05, 0) is 35.9 Å². The van der Waals surface area contributed by atoms with E-state index in [1.54, 1.807) is 17.1 Å². The average molecular weight is 408 g/mol. The smallest absolute Gasteiger partial charge is 0.256 e. The first-order valence-electron chi connectivity index (χ1n) is 9.92. The summed E-state index contributed by atoms with van der Waals surface area (Å²) < 4.78 is 3.56. The Kier molecular flexibility index (Phi) is 4.76. The molecule has 2 aromatic carbocycles. The normalized spacial score (nSPS) is 11.0. The first-order chi connectivity index (χ1) is 15.2. The summed E-state index contributed by atoms with van der Waals surface area (Å²) in [5, 5.41) is 12.3. The number of fused-ring (bicyclic) bond motifs is 1. The highest BCUT2D eigenvalue weighted by molar-refractivity contribution is 6.13. The Bertz CT molecular complexity index is 1370. The molecule has 0 saturated heterocycles. The van der Waals surface area contributed by atoms with Gasteiger partial charge < -0.3 is 5.32 Å². The zero-order valence-corrected chi connectivity index (χ0v) is 16.9. The molecule has 0 saturated carbocycles. The second-order valence-corrected chi connectivity index (χ2v) is 7.33. The van der Waals surface area contributed by atoms with E-state index in [4.69, 9.17) is 4.98 Å². The van der Waals surface area contributed by atoms with Crippen LogP contribution in [0.5, 0.6) is 0 Å². The van der Waals surface area contributed by atoms with E-state index in [-0.39, 0.29) is 5.91 Å². The number of hydrogen-bond donors (Lipinski definition) is 1. The van der Waals surface area contributed by atoms with Gasteiger partial charge in [-0.15, -0.1) is 0 Å². The number of benzene rings is 2. The molecule has 0 aliphatic rings. The fourth-order valence-corrected chi connectivity index (χ4v) is 3.59. The van der Waals surface area contributed by atoms with Crippen molar-refractivity contribution in [2.24, 2.45) is 7.05 Å². The number of amides is 1. The van der Waals surface area contributed by atoms with Gasteiger partial charge in [-0.3, -0.25) is 14.2 Å². The number of anilines is 1. The van der Waals surface area contributed by atoms with Crippen molar-refractivity contribution < 1.29 is 4.79 Å². The second-order valence-electron chi connectivity index (χ2n) is 7.33. The number of hydrogen-bond acceptors (Lipinski definition) is 4. The highest BCUT2D eigenvalue weighted by Crippen LogP contribution is 2.25. The first-order valence-corrected chi connectivity index (χ1v) is 9.92. The molecule has 3 aromatic heterocycles. The van der Waals surface area contributed by atoms with Crippen LogP contribution in [0.25, 0.3) is 22.2 Å². The van der Waals surface area contributed by atoms with Gasteiger partial charge in [0.1, 0.15) is 0 Å². The van der Waals surface area contributed by atoms with Crippen LogP contribution in [-0.4, -0.2) is 30.5 Å². The maximum absolute atomic E-state index is 13.3. The number of nitrogens with zero attached hydrogens (tertiary/aromatic N) is 5. The van der Waals surface area contributed by atoms with Crippen LogP contribution in [-0.2, 0) is 13.6 Å². The van der Waals surface area contributed by atoms with Crippen LogP contribution in [0.2, 0.25) is 0 Å². The number of carbonyl (C=O) groups excluding carboxylic acids is 1. The molecule has 0 fully saturated rings. The van der Waals surface area contributed by atoms with Crippen molar-refractivity contribution in [2.45, 2.75) is 6.54 Å². The zero-order valence-electron chi connectivity index (χ0n) is 16.9. The van der Waals surface area contributed by atoms with Crippen molar-refractivity contribution in [3.05, 3.63) is 96.6 Å². The molecule has 0 aliphatic heterocycles. The molecule has 0 spiro atoms. The van der Waals surface area contributed by atoms with E-state index in [9.17, 15) is 4.79 Å². The summed E-state index contributed by atoms with van der Waals surface area (Å²) in [6.07, 6.45) is 7.30. The Morgan fingerprint density at radius 3 is 2.74 bits per heavy atom. The van der Waals surface area contributed by atoms with Gasteiger partial charge in [0, 0.05) is 42.3 Å². The summed E-state index contributed by atoms with van der Waals surface area (Å²) >= 11 is 0. The number of rotatable bonds is 5. The quantitative estimate of drug-likeness (QED) is 0.474. The molecule has 1 N–H and O–H groups in total. The van der Waals surface area contributed by atoms with Crippen molar-refractivity contribution >= 4 is 22.5 Å². The zero-order chi connectivity index (χ0) is 21.2. The van der Waals surface area contributed by atoms with E-state index >= 15 is 0 Å². The molecule has 7 nitrogen and oxygen atoms in total. The monoisotopic (exact) mass is 408 g/mol. The Morgan fingerprint density at radius 1 is 1.03 bits per heavy atom. The summed E-state index contributed by atoms with van der Waals surface area (Å²) in [4.78, 5) is 18.0. The van der Waals surface area contributed by atoms with E-state index < -0.39 is 0 Å². The van der Waals surface area contributed by atoms with E-state index in [0.717, 1.165) is 27.7 Å². The third kappa shape index (κ3) is 3.93. The second kappa shape index (κ2) is 7.87. The summed E-state index contributed by atoms with van der Waals surface area (Å²) in [5.41, 5.74) is 4.70. The number of aromatic nitrogens is 5. The minimum Gasteiger partial charge on any atom is -0.322 e. The van der Waals surface area contributed by atoms with Gasteiger partial charge in [0.2, 0.25) is 0 Å². The number of nitrogens with one attached hydrogen (secondary N) is 1. The van der Waals surface area contributed by atoms with Gasteiger partial charge in [0.25, 0.3) is 5.91 Å². The molecule has 0 unspecified atom stereocenters. The molecular weight excluding hydrogens is 388 g/mol. The predicted octanol–water partition coefficient (Wildman–Crippen LogP) is 4.13. The lowest BCUT2D eigenvalue weighted by Crippen LogP contribution is -2.13. The fourth-order valence-electron chi connectivity index (χ4n) is 3.59. The van der Waals surface area contributed by atoms with Gasteiger partial charge in [-0.25, -0.2) is 4.98 Å². The molecule has 7 heteroatoms. The topological polar surface area (TPSA) is 77.6 Å². The molecule has 31 heavy (non-hydrogen) atoms. The van der Waals surface area contributed by atoms with E-state index in [1.807, 2.05) is 84.8 Å². The van der Waals surface area contributed by atoms with E-state index in [0.29, 0.717) is 17.8 Å². The van der Waals surface area contributed by atoms with Crippen LogP contribution in [0, 0.1) is 0 Å². The molecule has 0 atom stereocenters. The van der Waals surface area contributed by atoms with Crippen molar-refractivity contribution in [1.82, 2.24) is 24.5 Å². The Morgan fingerprint density at radius 2 is 1.94 bits per heavy atom. The number of pyridine rings is 1. The largest absolute Gasteiger partial charge is 0.322 e. The van der Waals surface area contributed by atoms with E-state index in [2.05, 4.69) is 15.5 Å². The van der Waals surface area contributed by atoms with Crippen molar-refractivity contribution in [1.29, 1.82) is 0 Å². The molecule has 0 aliphatic carbocycles. The fraction of sp³-hybridized carbons (Fsp3) is 0.0833. The minimum absolute atomic E-state index is 0.181. The average Bonchev–Trinajstić information content (AvgIpc) is 3.45. The number of aryl methyl sites for hydroxylation is 1. The van der Waals surface area contributed by atoms with Gasteiger partial charge in [-0.1, -0.05) is 30.3 Å². The maximum atomic E-state index is 13.3. The van der Waals surface area contributed by atoms with Crippen molar-refractivity contribution in [3.8, 4) is 11.3 Å². The van der Waals surface area contributed by atoms with Gasteiger partial charge >= 0.3 is 0 Å². The Hall–Kier alpha value is -4.26. The van der Waals surface area contributed by atoms with Crippen LogP contribution >= 0.6 is 0 Å². The van der Waals surface area contributed by atoms with Crippen LogP contribution in [0.4, 0.5) is 5.69 Å². The molecule has 0 bridgehead atoms. The van der Waals surface area contributed by atoms with Crippen LogP contribution in [0.1, 0.15) is 15.9 Å². The first kappa shape index (κ1) is 18.7. The van der Waals surface area contributed by atoms with Gasteiger partial charge in [-0.2, -0.15) is 10.2 Å². The highest BCUT2D eigenvalue weighted by atomic mass is 16.1. The molecule has 3 heterocycles. The summed E-state index contributed by atoms with van der Waals surface area (Å²) in [6.45, 7) is 0.639. The van der Waals surface area contributed by atoms with Crippen LogP contribution < -0.4 is 5.32 Å². The molecule has 5 rings (SSSR count). The molecule has 0 radical (unpaired) electrons. The summed E-state index contributed by atoms with van der Waals surface area (Å²) in [7, 11) is 1.86. The Labute approximate surface area is 179 Å². The standard InChI is InChI=1S/C24H20N6O/c1-29-16-18(14-26-29)23-13-21(20-8-2-3-9-22(20)28-23)24(31)27-19-7-4-6-17(12-19)15-30-11-5-10-25-30/h2-14,16H,15H2,1H3,(H,27,31). The number of para-hydroxylation sites is 1. The summed E-state index contributed by atoms with van der Waals surface area (Å²) in [6, 6.07) is 19.2. The highest BCUT2D eigenvalue weighted by Gasteiger charge is 2.15. The van der Waals surface area contributed by atoms with Gasteiger partial charge in [0.05, 0.1) is 29.5 Å². The predicted molar refractivity (Wildman–Crippen MR) is 120 cm³/mol. The van der Waals surface area contributed by atoms with Crippen LogP contribution in [0.3, 0.4) is 0 Å². The lowest BCUT2D eigenvalue weighted by molar-refractivity contribution is 0.102. The maximum Gasteiger partial charge on any atom is 0.256 e. The molecule has 5 aromatic rings. The molecule has 1 amide bonds. The third-order valence-electron chi connectivity index (χ3n) is 5.05. The SMILES string of the molecule is Cn1cc(-c2cc(C(=O)Nc3cccc(Cn4cccn4)c3)c3ccccc3n2)cn1. The third-order valence-corrected chi connectivity index (χ3v) is 5.05. The van der Waals surface area contributed by atoms with Gasteiger partial charge in [0.15, 0.2) is 0 Å².